The van der Waals surface area contributed by atoms with Crippen molar-refractivity contribution in [2.24, 2.45) is 5.92 Å². The van der Waals surface area contributed by atoms with Crippen LogP contribution in [0.3, 0.4) is 0 Å². The number of hydrogen-bond acceptors (Lipinski definition) is 1. The Morgan fingerprint density at radius 2 is 1.76 bits per heavy atom. The molecule has 2 aromatic carbocycles. The molecule has 0 aliphatic rings. The number of aliphatic carboxylic acids is 1. The minimum Gasteiger partial charge on any atom is -0.481 e. The Hall–Kier alpha value is -1.94. The average molecular weight is 311 g/mol. The van der Waals surface area contributed by atoms with E-state index in [9.17, 15) is 18.7 Å². The van der Waals surface area contributed by atoms with Gasteiger partial charge in [-0.15, -0.1) is 0 Å². The SMILES string of the molecule is O=C(O)C(Cc1ccccc1F)Cc1cc(F)ccc1Cl. The van der Waals surface area contributed by atoms with Crippen molar-refractivity contribution >= 4 is 17.6 Å². The molecule has 0 fully saturated rings. The monoisotopic (exact) mass is 310 g/mol. The molecule has 5 heteroatoms. The lowest BCUT2D eigenvalue weighted by molar-refractivity contribution is -0.141. The molecule has 21 heavy (non-hydrogen) atoms. The summed E-state index contributed by atoms with van der Waals surface area (Å²) in [5, 5.41) is 9.59. The normalized spacial score (nSPS) is 12.1. The Morgan fingerprint density at radius 1 is 1.10 bits per heavy atom. The third-order valence-corrected chi connectivity index (χ3v) is 3.62. The van der Waals surface area contributed by atoms with Crippen molar-refractivity contribution in [1.29, 1.82) is 0 Å². The van der Waals surface area contributed by atoms with E-state index < -0.39 is 23.5 Å². The van der Waals surface area contributed by atoms with E-state index in [1.807, 2.05) is 0 Å². The fraction of sp³-hybridized carbons (Fsp3) is 0.188. The first-order valence-electron chi connectivity index (χ1n) is 6.37. The smallest absolute Gasteiger partial charge is 0.307 e. The number of carboxylic acids is 1. The lowest BCUT2D eigenvalue weighted by Gasteiger charge is -2.14. The lowest BCUT2D eigenvalue weighted by atomic mass is 9.92. The minimum atomic E-state index is -1.07. The van der Waals surface area contributed by atoms with Gasteiger partial charge in [-0.25, -0.2) is 8.78 Å². The zero-order valence-electron chi connectivity index (χ0n) is 11.0. The first kappa shape index (κ1) is 15.4. The van der Waals surface area contributed by atoms with Crippen LogP contribution < -0.4 is 0 Å². The minimum absolute atomic E-state index is 0.0227. The molecule has 0 aromatic heterocycles. The van der Waals surface area contributed by atoms with Gasteiger partial charge in [-0.1, -0.05) is 29.8 Å². The molecule has 1 atom stereocenters. The van der Waals surface area contributed by atoms with Gasteiger partial charge in [-0.3, -0.25) is 4.79 Å². The van der Waals surface area contributed by atoms with E-state index in [4.69, 9.17) is 11.6 Å². The van der Waals surface area contributed by atoms with Crippen LogP contribution in [0, 0.1) is 17.6 Å². The molecule has 0 saturated heterocycles. The second-order valence-electron chi connectivity index (χ2n) is 4.77. The van der Waals surface area contributed by atoms with Crippen molar-refractivity contribution < 1.29 is 18.7 Å². The molecule has 0 spiro atoms. The van der Waals surface area contributed by atoms with Crippen LogP contribution in [0.1, 0.15) is 11.1 Å². The fourth-order valence-corrected chi connectivity index (χ4v) is 2.34. The average Bonchev–Trinajstić information content (AvgIpc) is 2.44. The van der Waals surface area contributed by atoms with Crippen molar-refractivity contribution in [3.63, 3.8) is 0 Å². The third kappa shape index (κ3) is 4.02. The molecular weight excluding hydrogens is 298 g/mol. The summed E-state index contributed by atoms with van der Waals surface area (Å²) in [6, 6.07) is 9.80. The van der Waals surface area contributed by atoms with E-state index in [0.29, 0.717) is 16.1 Å². The van der Waals surface area contributed by atoms with Crippen LogP contribution in [0.2, 0.25) is 5.02 Å². The van der Waals surface area contributed by atoms with E-state index in [1.165, 1.54) is 30.3 Å². The molecule has 0 amide bonds. The van der Waals surface area contributed by atoms with Gasteiger partial charge >= 0.3 is 5.97 Å². The second kappa shape index (κ2) is 6.68. The van der Waals surface area contributed by atoms with Gasteiger partial charge in [0.1, 0.15) is 11.6 Å². The maximum atomic E-state index is 13.6. The first-order valence-corrected chi connectivity index (χ1v) is 6.75. The van der Waals surface area contributed by atoms with Crippen molar-refractivity contribution in [2.45, 2.75) is 12.8 Å². The van der Waals surface area contributed by atoms with Crippen molar-refractivity contribution in [3.05, 3.63) is 70.2 Å². The van der Waals surface area contributed by atoms with Crippen LogP contribution in [0.25, 0.3) is 0 Å². The van der Waals surface area contributed by atoms with E-state index in [-0.39, 0.29) is 12.8 Å². The van der Waals surface area contributed by atoms with E-state index in [0.717, 1.165) is 0 Å². The summed E-state index contributed by atoms with van der Waals surface area (Å²) in [4.78, 5) is 11.4. The van der Waals surface area contributed by atoms with Crippen molar-refractivity contribution in [3.8, 4) is 0 Å². The van der Waals surface area contributed by atoms with Gasteiger partial charge in [-0.05, 0) is 48.2 Å². The molecule has 0 aliphatic carbocycles. The summed E-state index contributed by atoms with van der Waals surface area (Å²) in [5.41, 5.74) is 0.720. The van der Waals surface area contributed by atoms with Crippen molar-refractivity contribution in [2.75, 3.05) is 0 Å². The summed E-state index contributed by atoms with van der Waals surface area (Å²) < 4.78 is 26.8. The number of carboxylic acid groups (broad SMARTS) is 1. The highest BCUT2D eigenvalue weighted by atomic mass is 35.5. The molecule has 2 nitrogen and oxygen atoms in total. The summed E-state index contributed by atoms with van der Waals surface area (Å²) in [6.45, 7) is 0. The Balaban J connectivity index is 2.22. The number of halogens is 3. The summed E-state index contributed by atoms with van der Waals surface area (Å²) in [7, 11) is 0. The van der Waals surface area contributed by atoms with Gasteiger partial charge in [0.2, 0.25) is 0 Å². The van der Waals surface area contributed by atoms with Gasteiger partial charge in [-0.2, -0.15) is 0 Å². The highest BCUT2D eigenvalue weighted by molar-refractivity contribution is 6.31. The number of hydrogen-bond donors (Lipinski definition) is 1. The van der Waals surface area contributed by atoms with Crippen LogP contribution in [-0.4, -0.2) is 11.1 Å². The Kier molecular flexibility index (Phi) is 4.91. The molecule has 1 N–H and O–H groups in total. The Bertz CT molecular complexity index is 658. The highest BCUT2D eigenvalue weighted by Gasteiger charge is 2.21. The molecule has 2 rings (SSSR count). The molecule has 2 aromatic rings. The largest absolute Gasteiger partial charge is 0.481 e. The predicted molar refractivity (Wildman–Crippen MR) is 76.3 cm³/mol. The quantitative estimate of drug-likeness (QED) is 0.902. The van der Waals surface area contributed by atoms with Crippen LogP contribution in [0.15, 0.2) is 42.5 Å². The number of rotatable bonds is 5. The van der Waals surface area contributed by atoms with E-state index in [1.54, 1.807) is 12.1 Å². The molecule has 0 saturated carbocycles. The van der Waals surface area contributed by atoms with Gasteiger partial charge in [0.15, 0.2) is 0 Å². The van der Waals surface area contributed by atoms with Crippen LogP contribution in [-0.2, 0) is 17.6 Å². The van der Waals surface area contributed by atoms with E-state index in [2.05, 4.69) is 0 Å². The predicted octanol–water partition coefficient (Wildman–Crippen LogP) is 4.10. The van der Waals surface area contributed by atoms with Crippen LogP contribution in [0.5, 0.6) is 0 Å². The number of carbonyl (C=O) groups is 1. The Labute approximate surface area is 126 Å². The van der Waals surface area contributed by atoms with Crippen LogP contribution in [0.4, 0.5) is 8.78 Å². The second-order valence-corrected chi connectivity index (χ2v) is 5.18. The Morgan fingerprint density at radius 3 is 2.43 bits per heavy atom. The van der Waals surface area contributed by atoms with E-state index >= 15 is 0 Å². The topological polar surface area (TPSA) is 37.3 Å². The van der Waals surface area contributed by atoms with Gasteiger partial charge in [0.05, 0.1) is 5.92 Å². The lowest BCUT2D eigenvalue weighted by Crippen LogP contribution is -2.20. The zero-order chi connectivity index (χ0) is 15.4. The summed E-state index contributed by atoms with van der Waals surface area (Å²) in [6.07, 6.45) is 0.0646. The van der Waals surface area contributed by atoms with Crippen molar-refractivity contribution in [1.82, 2.24) is 0 Å². The summed E-state index contributed by atoms with van der Waals surface area (Å²) in [5.74, 6) is -2.88. The molecule has 110 valence electrons. The van der Waals surface area contributed by atoms with Gasteiger partial charge in [0, 0.05) is 5.02 Å². The number of benzene rings is 2. The molecular formula is C16H13ClF2O2. The molecule has 0 aliphatic heterocycles. The molecule has 0 heterocycles. The maximum absolute atomic E-state index is 13.6. The third-order valence-electron chi connectivity index (χ3n) is 3.25. The first-order chi connectivity index (χ1) is 9.97. The zero-order valence-corrected chi connectivity index (χ0v) is 11.8. The van der Waals surface area contributed by atoms with Gasteiger partial charge in [0.25, 0.3) is 0 Å². The standard InChI is InChI=1S/C16H13ClF2O2/c17-14-6-5-13(18)9-11(14)8-12(16(20)21)7-10-3-1-2-4-15(10)19/h1-6,9,12H,7-8H2,(H,20,21). The fourth-order valence-electron chi connectivity index (χ4n) is 2.14. The highest BCUT2D eigenvalue weighted by Crippen LogP contribution is 2.23. The molecule has 1 unspecified atom stereocenters. The van der Waals surface area contributed by atoms with Gasteiger partial charge < -0.3 is 5.11 Å². The molecule has 0 bridgehead atoms. The van der Waals surface area contributed by atoms with Crippen LogP contribution >= 0.6 is 11.6 Å². The molecule has 0 radical (unpaired) electrons. The summed E-state index contributed by atoms with van der Waals surface area (Å²) >= 11 is 5.95. The maximum Gasteiger partial charge on any atom is 0.307 e.